The standard InChI is InChI=1S/C13H19FN2/c1-9-6-7-16(8-9)12-5-3-4-11(14)13(12)10(2)15/h3-5,9-10H,6-8,15H2,1-2H3/t9?,10-/m0/s1. The van der Waals surface area contributed by atoms with Crippen molar-refractivity contribution in [2.75, 3.05) is 18.0 Å². The fourth-order valence-corrected chi connectivity index (χ4v) is 2.41. The maximum absolute atomic E-state index is 13.7. The first-order chi connectivity index (χ1) is 7.59. The lowest BCUT2D eigenvalue weighted by Crippen LogP contribution is -2.23. The lowest BCUT2D eigenvalue weighted by molar-refractivity contribution is 0.592. The van der Waals surface area contributed by atoms with E-state index in [2.05, 4.69) is 11.8 Å². The highest BCUT2D eigenvalue weighted by atomic mass is 19.1. The molecule has 0 spiro atoms. The number of benzene rings is 1. The molecule has 1 fully saturated rings. The number of hydrogen-bond donors (Lipinski definition) is 1. The Morgan fingerprint density at radius 2 is 2.25 bits per heavy atom. The SMILES string of the molecule is CC1CCN(c2cccc(F)c2[C@H](C)N)C1. The van der Waals surface area contributed by atoms with Gasteiger partial charge in [-0.25, -0.2) is 4.39 Å². The predicted molar refractivity (Wildman–Crippen MR) is 65.0 cm³/mol. The number of halogens is 1. The van der Waals surface area contributed by atoms with E-state index in [1.54, 1.807) is 6.07 Å². The third-order valence-corrected chi connectivity index (χ3v) is 3.25. The van der Waals surface area contributed by atoms with Gasteiger partial charge < -0.3 is 10.6 Å². The van der Waals surface area contributed by atoms with E-state index >= 15 is 0 Å². The molecule has 1 aliphatic rings. The van der Waals surface area contributed by atoms with Crippen LogP contribution in [0.15, 0.2) is 18.2 Å². The van der Waals surface area contributed by atoms with Crippen molar-refractivity contribution in [1.82, 2.24) is 0 Å². The average Bonchev–Trinajstić information content (AvgIpc) is 2.63. The molecule has 16 heavy (non-hydrogen) atoms. The lowest BCUT2D eigenvalue weighted by Gasteiger charge is -2.23. The van der Waals surface area contributed by atoms with Crippen LogP contribution in [0.5, 0.6) is 0 Å². The van der Waals surface area contributed by atoms with E-state index in [1.807, 2.05) is 13.0 Å². The van der Waals surface area contributed by atoms with Gasteiger partial charge in [0, 0.05) is 30.4 Å². The van der Waals surface area contributed by atoms with Crippen molar-refractivity contribution in [1.29, 1.82) is 0 Å². The van der Waals surface area contributed by atoms with Crippen molar-refractivity contribution in [3.63, 3.8) is 0 Å². The van der Waals surface area contributed by atoms with Gasteiger partial charge >= 0.3 is 0 Å². The van der Waals surface area contributed by atoms with Crippen LogP contribution in [0.3, 0.4) is 0 Å². The van der Waals surface area contributed by atoms with Crippen molar-refractivity contribution in [2.45, 2.75) is 26.3 Å². The van der Waals surface area contributed by atoms with Crippen LogP contribution in [0.1, 0.15) is 31.9 Å². The van der Waals surface area contributed by atoms with E-state index in [4.69, 9.17) is 5.73 Å². The third kappa shape index (κ3) is 2.05. The molecule has 0 amide bonds. The van der Waals surface area contributed by atoms with E-state index in [0.29, 0.717) is 11.5 Å². The number of nitrogens with zero attached hydrogens (tertiary/aromatic N) is 1. The molecule has 2 rings (SSSR count). The zero-order valence-corrected chi connectivity index (χ0v) is 9.91. The van der Waals surface area contributed by atoms with Crippen molar-refractivity contribution >= 4 is 5.69 Å². The van der Waals surface area contributed by atoms with Gasteiger partial charge in [0.1, 0.15) is 5.82 Å². The topological polar surface area (TPSA) is 29.3 Å². The third-order valence-electron chi connectivity index (χ3n) is 3.25. The highest BCUT2D eigenvalue weighted by Gasteiger charge is 2.23. The van der Waals surface area contributed by atoms with Crippen LogP contribution in [-0.2, 0) is 0 Å². The second-order valence-corrected chi connectivity index (χ2v) is 4.80. The number of rotatable bonds is 2. The van der Waals surface area contributed by atoms with E-state index in [0.717, 1.165) is 18.8 Å². The van der Waals surface area contributed by atoms with Gasteiger partial charge in [0.05, 0.1) is 0 Å². The Labute approximate surface area is 96.2 Å². The van der Waals surface area contributed by atoms with Gasteiger partial charge in [0.25, 0.3) is 0 Å². The molecule has 0 radical (unpaired) electrons. The predicted octanol–water partition coefficient (Wildman–Crippen LogP) is 2.69. The summed E-state index contributed by atoms with van der Waals surface area (Å²) < 4.78 is 13.7. The average molecular weight is 222 g/mol. The maximum atomic E-state index is 13.7. The second kappa shape index (κ2) is 4.42. The van der Waals surface area contributed by atoms with Crippen LogP contribution in [0.25, 0.3) is 0 Å². The number of nitrogens with two attached hydrogens (primary N) is 1. The van der Waals surface area contributed by atoms with Gasteiger partial charge in [0.2, 0.25) is 0 Å². The molecule has 1 heterocycles. The highest BCUT2D eigenvalue weighted by Crippen LogP contribution is 2.31. The zero-order valence-electron chi connectivity index (χ0n) is 9.91. The first kappa shape index (κ1) is 11.4. The van der Waals surface area contributed by atoms with Gasteiger partial charge in [-0.2, -0.15) is 0 Å². The summed E-state index contributed by atoms with van der Waals surface area (Å²) in [5.74, 6) is 0.497. The van der Waals surface area contributed by atoms with E-state index in [1.165, 1.54) is 12.5 Å². The minimum Gasteiger partial charge on any atom is -0.371 e. The molecule has 0 aromatic heterocycles. The van der Waals surface area contributed by atoms with Gasteiger partial charge in [-0.05, 0) is 31.4 Å². The lowest BCUT2D eigenvalue weighted by atomic mass is 10.1. The molecule has 0 bridgehead atoms. The van der Waals surface area contributed by atoms with Crippen molar-refractivity contribution in [3.8, 4) is 0 Å². The van der Waals surface area contributed by atoms with Crippen molar-refractivity contribution in [3.05, 3.63) is 29.6 Å². The van der Waals surface area contributed by atoms with Crippen LogP contribution in [0, 0.1) is 11.7 Å². The van der Waals surface area contributed by atoms with Crippen molar-refractivity contribution in [2.24, 2.45) is 11.7 Å². The molecule has 1 aromatic carbocycles. The Hall–Kier alpha value is -1.09. The molecular weight excluding hydrogens is 203 g/mol. The van der Waals surface area contributed by atoms with Crippen LogP contribution in [0.4, 0.5) is 10.1 Å². The van der Waals surface area contributed by atoms with Gasteiger partial charge in [-0.15, -0.1) is 0 Å². The minimum absolute atomic E-state index is 0.188. The van der Waals surface area contributed by atoms with E-state index < -0.39 is 0 Å². The van der Waals surface area contributed by atoms with Crippen LogP contribution in [0.2, 0.25) is 0 Å². The highest BCUT2D eigenvalue weighted by molar-refractivity contribution is 5.56. The first-order valence-corrected chi connectivity index (χ1v) is 5.88. The molecule has 88 valence electrons. The van der Waals surface area contributed by atoms with E-state index in [9.17, 15) is 4.39 Å². The van der Waals surface area contributed by atoms with Crippen molar-refractivity contribution < 1.29 is 4.39 Å². The van der Waals surface area contributed by atoms with Crippen LogP contribution >= 0.6 is 0 Å². The normalized spacial score (nSPS) is 22.5. The summed E-state index contributed by atoms with van der Waals surface area (Å²) >= 11 is 0. The van der Waals surface area contributed by atoms with Gasteiger partial charge in [-0.1, -0.05) is 13.0 Å². The molecule has 0 saturated carbocycles. The molecule has 1 aliphatic heterocycles. The summed E-state index contributed by atoms with van der Waals surface area (Å²) in [5, 5.41) is 0. The molecule has 1 aromatic rings. The Kier molecular flexibility index (Phi) is 3.15. The summed E-state index contributed by atoms with van der Waals surface area (Å²) in [7, 11) is 0. The number of hydrogen-bond acceptors (Lipinski definition) is 2. The summed E-state index contributed by atoms with van der Waals surface area (Å²) in [6, 6.07) is 4.97. The summed E-state index contributed by atoms with van der Waals surface area (Å²) in [4.78, 5) is 2.24. The maximum Gasteiger partial charge on any atom is 0.130 e. The molecule has 1 unspecified atom stereocenters. The Bertz CT molecular complexity index is 376. The monoisotopic (exact) mass is 222 g/mol. The molecular formula is C13H19FN2. The zero-order chi connectivity index (χ0) is 11.7. The summed E-state index contributed by atoms with van der Waals surface area (Å²) in [5.41, 5.74) is 7.47. The molecule has 1 saturated heterocycles. The Morgan fingerprint density at radius 3 is 2.81 bits per heavy atom. The molecule has 2 atom stereocenters. The summed E-state index contributed by atoms with van der Waals surface area (Å²) in [6.07, 6.45) is 1.18. The minimum atomic E-state index is -0.257. The Balaban J connectivity index is 2.36. The molecule has 2 nitrogen and oxygen atoms in total. The second-order valence-electron chi connectivity index (χ2n) is 4.80. The van der Waals surface area contributed by atoms with E-state index in [-0.39, 0.29) is 11.9 Å². The largest absolute Gasteiger partial charge is 0.371 e. The molecule has 2 N–H and O–H groups in total. The summed E-state index contributed by atoms with van der Waals surface area (Å²) in [6.45, 7) is 6.07. The van der Waals surface area contributed by atoms with Crippen LogP contribution in [-0.4, -0.2) is 13.1 Å². The first-order valence-electron chi connectivity index (χ1n) is 5.88. The van der Waals surface area contributed by atoms with Gasteiger partial charge in [-0.3, -0.25) is 0 Å². The quantitative estimate of drug-likeness (QED) is 0.833. The van der Waals surface area contributed by atoms with Crippen LogP contribution < -0.4 is 10.6 Å². The van der Waals surface area contributed by atoms with Gasteiger partial charge in [0.15, 0.2) is 0 Å². The molecule has 0 aliphatic carbocycles. The Morgan fingerprint density at radius 1 is 1.50 bits per heavy atom. The molecule has 3 heteroatoms. The fourth-order valence-electron chi connectivity index (χ4n) is 2.41. The number of anilines is 1. The fraction of sp³-hybridized carbons (Fsp3) is 0.538. The smallest absolute Gasteiger partial charge is 0.130 e.